The number of aliphatic hydroxyl groups excluding tert-OH is 1. The average molecular weight is 181 g/mol. The Labute approximate surface area is 78.4 Å². The lowest BCUT2D eigenvalue weighted by molar-refractivity contribution is -0.139. The molecule has 0 aliphatic heterocycles. The lowest BCUT2D eigenvalue weighted by atomic mass is 9.70. The molecule has 1 aliphatic carbocycles. The average Bonchev–Trinajstić information content (AvgIpc) is 2.11. The molecule has 72 valence electrons. The topological polar surface area (TPSA) is 61.1 Å². The van der Waals surface area contributed by atoms with Crippen molar-refractivity contribution in [2.24, 2.45) is 5.41 Å². The van der Waals surface area contributed by atoms with Crippen molar-refractivity contribution in [3.05, 3.63) is 0 Å². The van der Waals surface area contributed by atoms with Gasteiger partial charge in [-0.25, -0.2) is 0 Å². The number of aliphatic hydroxyl groups is 1. The van der Waals surface area contributed by atoms with Gasteiger partial charge in [0.25, 0.3) is 0 Å². The number of rotatable bonds is 2. The molecule has 0 unspecified atom stereocenters. The summed E-state index contributed by atoms with van der Waals surface area (Å²) in [6.07, 6.45) is 2.31. The van der Waals surface area contributed by atoms with Crippen LogP contribution < -0.4 is 0 Å². The minimum Gasteiger partial charge on any atom is -0.392 e. The van der Waals surface area contributed by atoms with E-state index in [0.29, 0.717) is 25.7 Å². The molecular formula is C10H15NO2. The molecule has 1 aliphatic rings. The summed E-state index contributed by atoms with van der Waals surface area (Å²) < 4.78 is 0. The second-order valence-electron chi connectivity index (χ2n) is 3.91. The van der Waals surface area contributed by atoms with E-state index in [1.807, 2.05) is 6.07 Å². The van der Waals surface area contributed by atoms with E-state index >= 15 is 0 Å². The van der Waals surface area contributed by atoms with Crippen LogP contribution in [0.25, 0.3) is 0 Å². The van der Waals surface area contributed by atoms with Crippen molar-refractivity contribution in [3.8, 4) is 6.07 Å². The van der Waals surface area contributed by atoms with E-state index in [9.17, 15) is 9.90 Å². The highest BCUT2D eigenvalue weighted by molar-refractivity contribution is 5.85. The van der Waals surface area contributed by atoms with Gasteiger partial charge in [0.1, 0.15) is 5.78 Å². The predicted molar refractivity (Wildman–Crippen MR) is 47.8 cm³/mol. The van der Waals surface area contributed by atoms with Gasteiger partial charge in [0, 0.05) is 12.8 Å². The lowest BCUT2D eigenvalue weighted by Gasteiger charge is -2.36. The summed E-state index contributed by atoms with van der Waals surface area (Å²) in [5.41, 5.74) is -0.659. The van der Waals surface area contributed by atoms with Gasteiger partial charge in [-0.3, -0.25) is 4.79 Å². The first-order valence-electron chi connectivity index (χ1n) is 4.69. The summed E-state index contributed by atoms with van der Waals surface area (Å²) in [5.74, 6) is 0.113. The zero-order valence-electron chi connectivity index (χ0n) is 7.92. The second-order valence-corrected chi connectivity index (χ2v) is 3.91. The molecule has 0 aromatic carbocycles. The van der Waals surface area contributed by atoms with Crippen molar-refractivity contribution in [2.45, 2.75) is 45.1 Å². The van der Waals surface area contributed by atoms with Crippen LogP contribution in [-0.2, 0) is 4.79 Å². The highest BCUT2D eigenvalue weighted by Crippen LogP contribution is 2.36. The van der Waals surface area contributed by atoms with E-state index in [-0.39, 0.29) is 5.78 Å². The van der Waals surface area contributed by atoms with Crippen LogP contribution in [0.1, 0.15) is 39.0 Å². The highest BCUT2D eigenvalue weighted by Gasteiger charge is 2.41. The molecule has 3 heteroatoms. The molecule has 2 atom stereocenters. The molecule has 0 radical (unpaired) electrons. The van der Waals surface area contributed by atoms with Crippen molar-refractivity contribution in [1.29, 1.82) is 5.26 Å². The van der Waals surface area contributed by atoms with Crippen molar-refractivity contribution < 1.29 is 9.90 Å². The van der Waals surface area contributed by atoms with Crippen LogP contribution in [0.5, 0.6) is 0 Å². The summed E-state index contributed by atoms with van der Waals surface area (Å²) in [6.45, 7) is 1.77. The monoisotopic (exact) mass is 181 g/mol. The highest BCUT2D eigenvalue weighted by atomic mass is 16.3. The van der Waals surface area contributed by atoms with E-state index in [4.69, 9.17) is 5.26 Å². The molecule has 0 amide bonds. The Morgan fingerprint density at radius 3 is 3.00 bits per heavy atom. The molecule has 0 heterocycles. The fourth-order valence-electron chi connectivity index (χ4n) is 1.87. The summed E-state index contributed by atoms with van der Waals surface area (Å²) >= 11 is 0. The van der Waals surface area contributed by atoms with Crippen molar-refractivity contribution >= 4 is 5.78 Å². The van der Waals surface area contributed by atoms with Gasteiger partial charge < -0.3 is 5.11 Å². The number of Topliss-reactive ketones (excluding diaryl/α,β-unsaturated/α-hetero) is 1. The number of nitriles is 1. The Kier molecular flexibility index (Phi) is 3.05. The van der Waals surface area contributed by atoms with E-state index < -0.39 is 11.5 Å². The Balaban J connectivity index is 2.70. The Hall–Kier alpha value is -0.880. The molecule has 0 saturated heterocycles. The maximum atomic E-state index is 11.6. The zero-order valence-corrected chi connectivity index (χ0v) is 7.92. The molecule has 1 saturated carbocycles. The van der Waals surface area contributed by atoms with Crippen molar-refractivity contribution in [1.82, 2.24) is 0 Å². The van der Waals surface area contributed by atoms with Gasteiger partial charge in [-0.05, 0) is 19.3 Å². The maximum absolute atomic E-state index is 11.6. The van der Waals surface area contributed by atoms with Crippen molar-refractivity contribution in [3.63, 3.8) is 0 Å². The largest absolute Gasteiger partial charge is 0.392 e. The van der Waals surface area contributed by atoms with E-state index in [0.717, 1.165) is 6.42 Å². The summed E-state index contributed by atoms with van der Waals surface area (Å²) in [7, 11) is 0. The van der Waals surface area contributed by atoms with Gasteiger partial charge in [-0.1, -0.05) is 6.92 Å². The third-order valence-electron chi connectivity index (χ3n) is 3.01. The van der Waals surface area contributed by atoms with Gasteiger partial charge in [0.15, 0.2) is 0 Å². The fourth-order valence-corrected chi connectivity index (χ4v) is 1.87. The minimum absolute atomic E-state index is 0.113. The number of hydrogen-bond acceptors (Lipinski definition) is 3. The molecule has 1 N–H and O–H groups in total. The van der Waals surface area contributed by atoms with Crippen LogP contribution in [0.2, 0.25) is 0 Å². The minimum atomic E-state index is -0.659. The van der Waals surface area contributed by atoms with Gasteiger partial charge in [0.2, 0.25) is 0 Å². The molecule has 0 aromatic heterocycles. The van der Waals surface area contributed by atoms with Crippen molar-refractivity contribution in [2.75, 3.05) is 0 Å². The Bertz CT molecular complexity index is 244. The Morgan fingerprint density at radius 2 is 2.46 bits per heavy atom. The van der Waals surface area contributed by atoms with Crippen LogP contribution in [0.15, 0.2) is 0 Å². The van der Waals surface area contributed by atoms with E-state index in [1.54, 1.807) is 6.92 Å². The standard InChI is InChI=1S/C10H15NO2/c1-10(6-3-7-11)8(12)4-2-5-9(10)13/h8,12H,2-6H2,1H3/t8-,10+/m1/s1. The maximum Gasteiger partial charge on any atom is 0.141 e. The molecule has 1 fully saturated rings. The number of nitrogens with zero attached hydrogens (tertiary/aromatic N) is 1. The molecule has 0 aromatic rings. The zero-order chi connectivity index (χ0) is 9.90. The van der Waals surface area contributed by atoms with E-state index in [2.05, 4.69) is 0 Å². The molecular weight excluding hydrogens is 166 g/mol. The first-order chi connectivity index (χ1) is 6.11. The molecule has 13 heavy (non-hydrogen) atoms. The molecule has 3 nitrogen and oxygen atoms in total. The van der Waals surface area contributed by atoms with Gasteiger partial charge in [-0.15, -0.1) is 0 Å². The molecule has 0 spiro atoms. The van der Waals surface area contributed by atoms with Crippen LogP contribution in [0, 0.1) is 16.7 Å². The van der Waals surface area contributed by atoms with Crippen LogP contribution >= 0.6 is 0 Å². The number of ketones is 1. The van der Waals surface area contributed by atoms with Gasteiger partial charge in [-0.2, -0.15) is 5.26 Å². The SMILES string of the molecule is C[C@@]1(CCC#N)C(=O)CCC[C@H]1O. The Morgan fingerprint density at radius 1 is 1.77 bits per heavy atom. The first kappa shape index (κ1) is 10.2. The first-order valence-corrected chi connectivity index (χ1v) is 4.69. The third-order valence-corrected chi connectivity index (χ3v) is 3.01. The smallest absolute Gasteiger partial charge is 0.141 e. The fraction of sp³-hybridized carbons (Fsp3) is 0.800. The lowest BCUT2D eigenvalue weighted by Crippen LogP contribution is -2.43. The normalized spacial score (nSPS) is 34.2. The van der Waals surface area contributed by atoms with Gasteiger partial charge >= 0.3 is 0 Å². The van der Waals surface area contributed by atoms with Gasteiger partial charge in [0.05, 0.1) is 17.6 Å². The molecule has 0 bridgehead atoms. The summed E-state index contributed by atoms with van der Waals surface area (Å²) in [5, 5.41) is 18.1. The number of carbonyl (C=O) groups excluding carboxylic acids is 1. The third kappa shape index (κ3) is 1.89. The number of hydrogen-bond donors (Lipinski definition) is 1. The van der Waals surface area contributed by atoms with Crippen LogP contribution in [0.4, 0.5) is 0 Å². The number of carbonyl (C=O) groups is 1. The summed E-state index contributed by atoms with van der Waals surface area (Å²) in [6, 6.07) is 2.02. The predicted octanol–water partition coefficient (Wildman–Crippen LogP) is 1.41. The molecule has 1 rings (SSSR count). The quantitative estimate of drug-likeness (QED) is 0.700. The van der Waals surface area contributed by atoms with Crippen LogP contribution in [0.3, 0.4) is 0 Å². The van der Waals surface area contributed by atoms with Crippen LogP contribution in [-0.4, -0.2) is 17.0 Å². The summed E-state index contributed by atoms with van der Waals surface area (Å²) in [4.78, 5) is 11.6. The second kappa shape index (κ2) is 3.89. The van der Waals surface area contributed by atoms with E-state index in [1.165, 1.54) is 0 Å².